The average molecular weight is 453 g/mol. The van der Waals surface area contributed by atoms with Crippen LogP contribution >= 0.6 is 0 Å². The number of methoxy groups -OCH3 is 1. The number of rotatable bonds is 9. The molecule has 168 valence electrons. The number of nitrogens with zero attached hydrogens (tertiary/aromatic N) is 3. The zero-order valence-electron chi connectivity index (χ0n) is 17.7. The van der Waals surface area contributed by atoms with Crippen LogP contribution < -0.4 is 5.73 Å². The van der Waals surface area contributed by atoms with Crippen molar-refractivity contribution in [3.8, 4) is 0 Å². The molecule has 10 heteroatoms. The average Bonchev–Trinajstić information content (AvgIpc) is 3.14. The summed E-state index contributed by atoms with van der Waals surface area (Å²) in [6, 6.07) is 2.41. The molecule has 0 aliphatic carbocycles. The van der Waals surface area contributed by atoms with E-state index >= 15 is 0 Å². The molecule has 0 aliphatic rings. The molecule has 1 atom stereocenters. The molecule has 3 aromatic rings. The van der Waals surface area contributed by atoms with E-state index in [9.17, 15) is 17.2 Å². The van der Waals surface area contributed by atoms with Gasteiger partial charge in [-0.3, -0.25) is 0 Å². The van der Waals surface area contributed by atoms with Gasteiger partial charge in [-0.25, -0.2) is 27.2 Å². The highest BCUT2D eigenvalue weighted by Gasteiger charge is 2.21. The molecule has 2 heterocycles. The summed E-state index contributed by atoms with van der Waals surface area (Å²) in [6.45, 7) is 4.24. The topological polar surface area (TPSA) is 100 Å². The summed E-state index contributed by atoms with van der Waals surface area (Å²) in [4.78, 5) is 8.24. The Morgan fingerprint density at radius 1 is 1.23 bits per heavy atom. The highest BCUT2D eigenvalue weighted by molar-refractivity contribution is 7.91. The second-order valence-electron chi connectivity index (χ2n) is 7.56. The predicted octanol–water partition coefficient (Wildman–Crippen LogP) is 3.74. The minimum absolute atomic E-state index is 0.0832. The molecule has 0 fully saturated rings. The second-order valence-corrected chi connectivity index (χ2v) is 9.63. The molecule has 0 aliphatic heterocycles. The lowest BCUT2D eigenvalue weighted by Crippen LogP contribution is -2.16. The van der Waals surface area contributed by atoms with Gasteiger partial charge in [0.2, 0.25) is 0 Å². The first kappa shape index (κ1) is 23.1. The van der Waals surface area contributed by atoms with Crippen LogP contribution in [0.3, 0.4) is 0 Å². The molecule has 0 radical (unpaired) electrons. The predicted molar refractivity (Wildman–Crippen MR) is 115 cm³/mol. The van der Waals surface area contributed by atoms with Gasteiger partial charge in [-0.15, -0.1) is 0 Å². The standard InChI is InChI=1S/C21H26F2N4O3S/c1-13-14(2)26-21(24)19-20(13)27(12-25-19)16(11-30-3)6-4-5-9-31(28,29)18-8-7-15(22)10-17(18)23/h7-8,10,12,16H,4-6,9,11H2,1-3H3,(H2,24,26). The first-order valence-corrected chi connectivity index (χ1v) is 11.6. The molecular weight excluding hydrogens is 426 g/mol. The Hall–Kier alpha value is -2.59. The summed E-state index contributed by atoms with van der Waals surface area (Å²) in [5.74, 6) is -1.75. The first-order chi connectivity index (χ1) is 14.7. The highest BCUT2D eigenvalue weighted by Crippen LogP contribution is 2.29. The number of benzene rings is 1. The molecule has 3 rings (SSSR count). The quantitative estimate of drug-likeness (QED) is 0.392. The molecule has 0 saturated heterocycles. The van der Waals surface area contributed by atoms with Crippen molar-refractivity contribution in [2.24, 2.45) is 0 Å². The van der Waals surface area contributed by atoms with Crippen LogP contribution in [0.4, 0.5) is 14.6 Å². The monoisotopic (exact) mass is 452 g/mol. The van der Waals surface area contributed by atoms with Crippen molar-refractivity contribution in [2.45, 2.75) is 44.0 Å². The molecular formula is C21H26F2N4O3S. The third-order valence-corrected chi connectivity index (χ3v) is 7.23. The van der Waals surface area contributed by atoms with Crippen molar-refractivity contribution in [1.29, 1.82) is 0 Å². The number of nitrogen functional groups attached to an aromatic ring is 1. The summed E-state index contributed by atoms with van der Waals surface area (Å²) in [5, 5.41) is 0. The van der Waals surface area contributed by atoms with E-state index in [1.165, 1.54) is 0 Å². The van der Waals surface area contributed by atoms with Crippen LogP contribution in [0.25, 0.3) is 11.0 Å². The number of hydrogen-bond donors (Lipinski definition) is 1. The van der Waals surface area contributed by atoms with E-state index < -0.39 is 26.4 Å². The summed E-state index contributed by atoms with van der Waals surface area (Å²) < 4.78 is 59.2. The fraction of sp³-hybridized carbons (Fsp3) is 0.429. The number of sulfone groups is 1. The van der Waals surface area contributed by atoms with Crippen LogP contribution in [-0.4, -0.2) is 42.4 Å². The summed E-state index contributed by atoms with van der Waals surface area (Å²) in [6.07, 6.45) is 3.22. The molecule has 31 heavy (non-hydrogen) atoms. The summed E-state index contributed by atoms with van der Waals surface area (Å²) in [5.41, 5.74) is 9.31. The number of aromatic nitrogens is 3. The number of ether oxygens (including phenoxy) is 1. The lowest BCUT2D eigenvalue weighted by molar-refractivity contribution is 0.151. The maximum absolute atomic E-state index is 13.9. The number of pyridine rings is 1. The van der Waals surface area contributed by atoms with E-state index in [2.05, 4.69) is 9.97 Å². The highest BCUT2D eigenvalue weighted by atomic mass is 32.2. The zero-order valence-corrected chi connectivity index (χ0v) is 18.5. The van der Waals surface area contributed by atoms with Crippen LogP contribution in [0.2, 0.25) is 0 Å². The van der Waals surface area contributed by atoms with Crippen molar-refractivity contribution in [2.75, 3.05) is 25.2 Å². The van der Waals surface area contributed by atoms with Gasteiger partial charge in [0.15, 0.2) is 15.7 Å². The molecule has 2 N–H and O–H groups in total. The van der Waals surface area contributed by atoms with Gasteiger partial charge >= 0.3 is 0 Å². The first-order valence-electron chi connectivity index (χ1n) is 9.91. The van der Waals surface area contributed by atoms with Gasteiger partial charge in [0, 0.05) is 18.9 Å². The molecule has 0 bridgehead atoms. The molecule has 0 saturated carbocycles. The summed E-state index contributed by atoms with van der Waals surface area (Å²) in [7, 11) is -2.24. The van der Waals surface area contributed by atoms with Crippen LogP contribution in [0.5, 0.6) is 0 Å². The van der Waals surface area contributed by atoms with Gasteiger partial charge < -0.3 is 15.0 Å². The molecule has 1 aromatic carbocycles. The fourth-order valence-electron chi connectivity index (χ4n) is 3.69. The molecule has 0 amide bonds. The van der Waals surface area contributed by atoms with Crippen molar-refractivity contribution in [3.63, 3.8) is 0 Å². The van der Waals surface area contributed by atoms with Gasteiger partial charge in [-0.05, 0) is 44.4 Å². The van der Waals surface area contributed by atoms with Gasteiger partial charge in [-0.2, -0.15) is 0 Å². The Balaban J connectivity index is 1.73. The largest absolute Gasteiger partial charge is 0.383 e. The Labute approximate surface area is 180 Å². The number of halogens is 2. The van der Waals surface area contributed by atoms with Gasteiger partial charge in [0.25, 0.3) is 0 Å². The van der Waals surface area contributed by atoms with Crippen LogP contribution in [0, 0.1) is 25.5 Å². The number of nitrogens with two attached hydrogens (primary N) is 1. The number of imidazole rings is 1. The van der Waals surface area contributed by atoms with E-state index in [1.807, 2.05) is 18.4 Å². The number of hydrogen-bond acceptors (Lipinski definition) is 6. The maximum Gasteiger partial charge on any atom is 0.181 e. The van der Waals surface area contributed by atoms with E-state index in [1.54, 1.807) is 13.4 Å². The molecule has 1 unspecified atom stereocenters. The van der Waals surface area contributed by atoms with E-state index in [0.717, 1.165) is 28.9 Å². The van der Waals surface area contributed by atoms with Gasteiger partial charge in [0.05, 0.1) is 30.2 Å². The number of unbranched alkanes of at least 4 members (excludes halogenated alkanes) is 1. The minimum atomic E-state index is -3.84. The van der Waals surface area contributed by atoms with Gasteiger partial charge in [-0.1, -0.05) is 6.42 Å². The van der Waals surface area contributed by atoms with Crippen molar-refractivity contribution in [1.82, 2.24) is 14.5 Å². The minimum Gasteiger partial charge on any atom is -0.383 e. The fourth-order valence-corrected chi connectivity index (χ4v) is 5.13. The Bertz CT molecular complexity index is 1200. The Kier molecular flexibility index (Phi) is 6.90. The second kappa shape index (κ2) is 9.27. The molecule has 7 nitrogen and oxygen atoms in total. The van der Waals surface area contributed by atoms with Crippen molar-refractivity contribution in [3.05, 3.63) is 47.4 Å². The van der Waals surface area contributed by atoms with Crippen LogP contribution in [-0.2, 0) is 14.6 Å². The summed E-state index contributed by atoms with van der Waals surface area (Å²) >= 11 is 0. The molecule has 2 aromatic heterocycles. The van der Waals surface area contributed by atoms with Crippen molar-refractivity contribution < 1.29 is 21.9 Å². The smallest absolute Gasteiger partial charge is 0.181 e. The Morgan fingerprint density at radius 2 is 1.97 bits per heavy atom. The van der Waals surface area contributed by atoms with Gasteiger partial charge in [0.1, 0.15) is 22.0 Å². The maximum atomic E-state index is 13.9. The lowest BCUT2D eigenvalue weighted by Gasteiger charge is -2.20. The van der Waals surface area contributed by atoms with E-state index in [0.29, 0.717) is 43.3 Å². The van der Waals surface area contributed by atoms with Crippen molar-refractivity contribution >= 4 is 26.7 Å². The number of aryl methyl sites for hydroxylation is 2. The van der Waals surface area contributed by atoms with E-state index in [4.69, 9.17) is 10.5 Å². The zero-order chi connectivity index (χ0) is 22.8. The van der Waals surface area contributed by atoms with Crippen LogP contribution in [0.1, 0.15) is 36.6 Å². The Morgan fingerprint density at radius 3 is 2.65 bits per heavy atom. The third-order valence-electron chi connectivity index (χ3n) is 5.40. The SMILES string of the molecule is COCC(CCCCS(=O)(=O)c1ccc(F)cc1F)n1cnc2c(N)nc(C)c(C)c21. The number of fused-ring (bicyclic) bond motifs is 1. The number of anilines is 1. The van der Waals surface area contributed by atoms with E-state index in [-0.39, 0.29) is 11.8 Å². The lowest BCUT2D eigenvalue weighted by atomic mass is 10.1. The third kappa shape index (κ3) is 4.85. The normalized spacial score (nSPS) is 13.1. The molecule has 0 spiro atoms. The van der Waals surface area contributed by atoms with Crippen LogP contribution in [0.15, 0.2) is 29.4 Å².